The van der Waals surface area contributed by atoms with Crippen LogP contribution < -0.4 is 0 Å². The van der Waals surface area contributed by atoms with Gasteiger partial charge in [0.05, 0.1) is 12.0 Å². The fourth-order valence-corrected chi connectivity index (χ4v) is 2.82. The Bertz CT molecular complexity index is 438. The van der Waals surface area contributed by atoms with Gasteiger partial charge < -0.3 is 10.0 Å². The maximum atomic E-state index is 12.2. The van der Waals surface area contributed by atoms with Crippen LogP contribution in [0.3, 0.4) is 0 Å². The van der Waals surface area contributed by atoms with Crippen LogP contribution in [0, 0.1) is 0 Å². The molecule has 1 aromatic rings. The maximum Gasteiger partial charge on any atom is 0.141 e. The summed E-state index contributed by atoms with van der Waals surface area (Å²) in [5.41, 5.74) is 1.03. The minimum atomic E-state index is -0.179. The number of benzene rings is 1. The van der Waals surface area contributed by atoms with E-state index in [2.05, 4.69) is 4.90 Å². The lowest BCUT2D eigenvalue weighted by Gasteiger charge is -2.32. The molecule has 3 nitrogen and oxygen atoms in total. The van der Waals surface area contributed by atoms with Gasteiger partial charge in [0.1, 0.15) is 5.78 Å². The Hall–Kier alpha value is -0.900. The normalized spacial score (nSPS) is 18.9. The number of rotatable bonds is 5. The summed E-state index contributed by atoms with van der Waals surface area (Å²) in [6, 6.07) is 7.57. The van der Waals surface area contributed by atoms with Crippen molar-refractivity contribution in [3.63, 3.8) is 0 Å². The molecule has 1 unspecified atom stereocenters. The number of aliphatic hydroxyl groups excluding tert-OH is 1. The number of ketones is 1. The van der Waals surface area contributed by atoms with Gasteiger partial charge in [-0.1, -0.05) is 30.7 Å². The van der Waals surface area contributed by atoms with Crippen molar-refractivity contribution in [2.24, 2.45) is 0 Å². The molecule has 1 atom stereocenters. The molecule has 2 rings (SSSR count). The first kappa shape index (κ1) is 15.5. The first-order chi connectivity index (χ1) is 9.60. The quantitative estimate of drug-likeness (QED) is 0.908. The van der Waals surface area contributed by atoms with Gasteiger partial charge in [-0.3, -0.25) is 4.79 Å². The predicted octanol–water partition coefficient (Wildman–Crippen LogP) is 2.86. The molecule has 1 aliphatic rings. The first-order valence-electron chi connectivity index (χ1n) is 7.28. The van der Waals surface area contributed by atoms with Crippen molar-refractivity contribution >= 4 is 17.4 Å². The van der Waals surface area contributed by atoms with E-state index in [1.54, 1.807) is 0 Å². The highest BCUT2D eigenvalue weighted by Crippen LogP contribution is 2.23. The number of hydrogen-bond donors (Lipinski definition) is 1. The molecule has 1 fully saturated rings. The Labute approximate surface area is 125 Å². The number of carbonyl (C=O) groups is 1. The van der Waals surface area contributed by atoms with E-state index >= 15 is 0 Å². The Balaban J connectivity index is 2.08. The van der Waals surface area contributed by atoms with E-state index in [0.717, 1.165) is 38.0 Å². The van der Waals surface area contributed by atoms with Gasteiger partial charge in [-0.2, -0.15) is 0 Å². The van der Waals surface area contributed by atoms with Crippen LogP contribution in [-0.2, 0) is 4.79 Å². The predicted molar refractivity (Wildman–Crippen MR) is 81.2 cm³/mol. The van der Waals surface area contributed by atoms with Gasteiger partial charge in [0.25, 0.3) is 0 Å². The Morgan fingerprint density at radius 2 is 1.95 bits per heavy atom. The molecular weight excluding hydrogens is 274 g/mol. The summed E-state index contributed by atoms with van der Waals surface area (Å²) in [7, 11) is 0. The van der Waals surface area contributed by atoms with Gasteiger partial charge >= 0.3 is 0 Å². The largest absolute Gasteiger partial charge is 0.393 e. The summed E-state index contributed by atoms with van der Waals surface area (Å²) in [5, 5.41) is 10.2. The van der Waals surface area contributed by atoms with Gasteiger partial charge in [0.15, 0.2) is 0 Å². The maximum absolute atomic E-state index is 12.2. The van der Waals surface area contributed by atoms with Gasteiger partial charge in [-0.15, -0.1) is 0 Å². The van der Waals surface area contributed by atoms with Gasteiger partial charge in [-0.25, -0.2) is 0 Å². The van der Waals surface area contributed by atoms with Gasteiger partial charge in [0, 0.05) is 31.1 Å². The second kappa shape index (κ2) is 7.21. The summed E-state index contributed by atoms with van der Waals surface area (Å²) >= 11 is 5.91. The topological polar surface area (TPSA) is 40.5 Å². The number of piperidine rings is 1. The van der Waals surface area contributed by atoms with Crippen LogP contribution in [0.2, 0.25) is 5.02 Å². The number of hydrogen-bond acceptors (Lipinski definition) is 3. The molecule has 20 heavy (non-hydrogen) atoms. The zero-order valence-electron chi connectivity index (χ0n) is 11.9. The molecule has 110 valence electrons. The third-order valence-corrected chi connectivity index (χ3v) is 4.26. The van der Waals surface area contributed by atoms with Crippen molar-refractivity contribution in [2.75, 3.05) is 19.6 Å². The lowest BCUT2D eigenvalue weighted by molar-refractivity contribution is -0.120. The Morgan fingerprint density at radius 1 is 1.35 bits per heavy atom. The average molecular weight is 296 g/mol. The SMILES string of the molecule is CCC(=O)C(CN1CCC(O)CC1)c1ccc(Cl)cc1. The molecule has 1 N–H and O–H groups in total. The molecule has 1 aromatic carbocycles. The first-order valence-corrected chi connectivity index (χ1v) is 7.66. The summed E-state index contributed by atoms with van der Waals surface area (Å²) in [5.74, 6) is 0.172. The van der Waals surface area contributed by atoms with E-state index in [1.807, 2.05) is 31.2 Å². The summed E-state index contributed by atoms with van der Waals surface area (Å²) in [4.78, 5) is 14.5. The molecule has 0 bridgehead atoms. The zero-order chi connectivity index (χ0) is 14.5. The molecule has 0 amide bonds. The van der Waals surface area contributed by atoms with Crippen LogP contribution in [0.25, 0.3) is 0 Å². The van der Waals surface area contributed by atoms with Crippen LogP contribution in [0.15, 0.2) is 24.3 Å². The van der Waals surface area contributed by atoms with E-state index in [1.165, 1.54) is 0 Å². The minimum Gasteiger partial charge on any atom is -0.393 e. The van der Waals surface area contributed by atoms with E-state index in [0.29, 0.717) is 11.4 Å². The second-order valence-corrected chi connectivity index (χ2v) is 5.89. The lowest BCUT2D eigenvalue weighted by Crippen LogP contribution is -2.39. The molecule has 0 saturated carbocycles. The van der Waals surface area contributed by atoms with Crippen molar-refractivity contribution in [3.05, 3.63) is 34.9 Å². The number of nitrogens with zero attached hydrogens (tertiary/aromatic N) is 1. The van der Waals surface area contributed by atoms with E-state index in [-0.39, 0.29) is 17.8 Å². The Kier molecular flexibility index (Phi) is 5.58. The summed E-state index contributed by atoms with van der Waals surface area (Å²) in [6.07, 6.45) is 1.97. The standard InChI is InChI=1S/C16H22ClNO2/c1-2-16(20)15(12-3-5-13(17)6-4-12)11-18-9-7-14(19)8-10-18/h3-6,14-15,19H,2,7-11H2,1H3. The molecule has 1 aliphatic heterocycles. The third-order valence-electron chi connectivity index (χ3n) is 4.01. The lowest BCUT2D eigenvalue weighted by atomic mass is 9.92. The zero-order valence-corrected chi connectivity index (χ0v) is 12.6. The highest BCUT2D eigenvalue weighted by atomic mass is 35.5. The van der Waals surface area contributed by atoms with Crippen molar-refractivity contribution in [2.45, 2.75) is 38.2 Å². The molecule has 4 heteroatoms. The van der Waals surface area contributed by atoms with Crippen molar-refractivity contribution in [1.82, 2.24) is 4.90 Å². The smallest absolute Gasteiger partial charge is 0.141 e. The second-order valence-electron chi connectivity index (χ2n) is 5.46. The van der Waals surface area contributed by atoms with Gasteiger partial charge in [0.2, 0.25) is 0 Å². The van der Waals surface area contributed by atoms with Crippen LogP contribution >= 0.6 is 11.6 Å². The summed E-state index contributed by atoms with van der Waals surface area (Å²) < 4.78 is 0. The third kappa shape index (κ3) is 4.05. The molecule has 1 heterocycles. The highest BCUT2D eigenvalue weighted by molar-refractivity contribution is 6.30. The molecule has 1 saturated heterocycles. The minimum absolute atomic E-state index is 0.0903. The molecule has 0 spiro atoms. The van der Waals surface area contributed by atoms with E-state index in [4.69, 9.17) is 11.6 Å². The fraction of sp³-hybridized carbons (Fsp3) is 0.562. The van der Waals surface area contributed by atoms with Crippen molar-refractivity contribution in [3.8, 4) is 0 Å². The number of halogens is 1. The van der Waals surface area contributed by atoms with Crippen LogP contribution in [0.5, 0.6) is 0 Å². The highest BCUT2D eigenvalue weighted by Gasteiger charge is 2.25. The summed E-state index contributed by atoms with van der Waals surface area (Å²) in [6.45, 7) is 4.37. The van der Waals surface area contributed by atoms with Crippen molar-refractivity contribution < 1.29 is 9.90 Å². The monoisotopic (exact) mass is 295 g/mol. The molecule has 0 aliphatic carbocycles. The average Bonchev–Trinajstić information content (AvgIpc) is 2.47. The molecule has 0 radical (unpaired) electrons. The van der Waals surface area contributed by atoms with Crippen LogP contribution in [0.4, 0.5) is 0 Å². The number of carbonyl (C=O) groups excluding carboxylic acids is 1. The number of Topliss-reactive ketones (excluding diaryl/α,β-unsaturated/α-hetero) is 1. The van der Waals surface area contributed by atoms with Crippen LogP contribution in [0.1, 0.15) is 37.7 Å². The fourth-order valence-electron chi connectivity index (χ4n) is 2.69. The number of likely N-dealkylation sites (tertiary alicyclic amines) is 1. The van der Waals surface area contributed by atoms with Gasteiger partial charge in [-0.05, 0) is 30.5 Å². The molecular formula is C16H22ClNO2. The van der Waals surface area contributed by atoms with E-state index in [9.17, 15) is 9.90 Å². The van der Waals surface area contributed by atoms with Crippen molar-refractivity contribution in [1.29, 1.82) is 0 Å². The number of aliphatic hydroxyl groups is 1. The molecule has 0 aromatic heterocycles. The van der Waals surface area contributed by atoms with E-state index < -0.39 is 0 Å². The Morgan fingerprint density at radius 3 is 2.50 bits per heavy atom. The van der Waals surface area contributed by atoms with Crippen LogP contribution in [-0.4, -0.2) is 41.5 Å².